The monoisotopic (exact) mass is 330 g/mol. The molecule has 0 aliphatic carbocycles. The van der Waals surface area contributed by atoms with Gasteiger partial charge in [0.2, 0.25) is 0 Å². The summed E-state index contributed by atoms with van der Waals surface area (Å²) in [6, 6.07) is 5.66. The Kier molecular flexibility index (Phi) is 5.40. The molecule has 9 heteroatoms. The maximum atomic E-state index is 11.8. The highest BCUT2D eigenvalue weighted by Crippen LogP contribution is 2.33. The van der Waals surface area contributed by atoms with Crippen LogP contribution in [0, 0.1) is 10.1 Å². The van der Waals surface area contributed by atoms with Crippen LogP contribution in [0.25, 0.3) is 0 Å². The number of methoxy groups -OCH3 is 2. The molecule has 0 saturated carbocycles. The summed E-state index contributed by atoms with van der Waals surface area (Å²) in [5, 5.41) is 14.9. The predicted octanol–water partition coefficient (Wildman–Crippen LogP) is 1.77. The molecule has 9 nitrogen and oxygen atoms in total. The molecule has 0 saturated heterocycles. The van der Waals surface area contributed by atoms with Gasteiger partial charge in [0, 0.05) is 18.0 Å². The Bertz CT molecular complexity index is 777. The summed E-state index contributed by atoms with van der Waals surface area (Å²) in [7, 11) is 2.79. The molecule has 0 aliphatic heterocycles. The quantitative estimate of drug-likeness (QED) is 0.490. The van der Waals surface area contributed by atoms with Crippen molar-refractivity contribution in [3.63, 3.8) is 0 Å². The fourth-order valence-corrected chi connectivity index (χ4v) is 1.87. The number of aromatic nitrogens is 1. The van der Waals surface area contributed by atoms with Crippen molar-refractivity contribution < 1.29 is 19.2 Å². The third kappa shape index (κ3) is 3.83. The topological polar surface area (TPSA) is 116 Å². The van der Waals surface area contributed by atoms with Gasteiger partial charge in [0.1, 0.15) is 0 Å². The van der Waals surface area contributed by atoms with Gasteiger partial charge in [-0.3, -0.25) is 19.9 Å². The Labute approximate surface area is 137 Å². The zero-order valence-corrected chi connectivity index (χ0v) is 12.9. The lowest BCUT2D eigenvalue weighted by Gasteiger charge is -2.08. The summed E-state index contributed by atoms with van der Waals surface area (Å²) >= 11 is 0. The van der Waals surface area contributed by atoms with E-state index >= 15 is 0 Å². The molecule has 0 unspecified atom stereocenters. The summed E-state index contributed by atoms with van der Waals surface area (Å²) in [5.74, 6) is 0.0731. The second-order valence-electron chi connectivity index (χ2n) is 4.46. The van der Waals surface area contributed by atoms with Crippen molar-refractivity contribution in [3.05, 3.63) is 57.9 Å². The van der Waals surface area contributed by atoms with Crippen LogP contribution in [0.3, 0.4) is 0 Å². The van der Waals surface area contributed by atoms with Crippen LogP contribution < -0.4 is 14.9 Å². The molecular weight excluding hydrogens is 316 g/mol. The van der Waals surface area contributed by atoms with Crippen molar-refractivity contribution in [2.24, 2.45) is 5.10 Å². The smallest absolute Gasteiger partial charge is 0.282 e. The Morgan fingerprint density at radius 3 is 2.46 bits per heavy atom. The molecule has 2 aromatic rings. The molecule has 1 aromatic carbocycles. The first-order valence-electron chi connectivity index (χ1n) is 6.70. The summed E-state index contributed by atoms with van der Waals surface area (Å²) in [5.41, 5.74) is 2.59. The first-order valence-corrected chi connectivity index (χ1v) is 6.70. The van der Waals surface area contributed by atoms with E-state index in [0.717, 1.165) is 0 Å². The van der Waals surface area contributed by atoms with Crippen LogP contribution in [0.2, 0.25) is 0 Å². The van der Waals surface area contributed by atoms with E-state index in [-0.39, 0.29) is 17.0 Å². The first-order chi connectivity index (χ1) is 11.6. The molecule has 1 heterocycles. The van der Waals surface area contributed by atoms with Crippen molar-refractivity contribution in [3.8, 4) is 11.5 Å². The number of nitrogens with zero attached hydrogens (tertiary/aromatic N) is 3. The molecule has 0 radical (unpaired) electrons. The van der Waals surface area contributed by atoms with Gasteiger partial charge in [-0.05, 0) is 18.2 Å². The van der Waals surface area contributed by atoms with Crippen molar-refractivity contribution >= 4 is 17.8 Å². The third-order valence-corrected chi connectivity index (χ3v) is 3.04. The first kappa shape index (κ1) is 16.9. The lowest BCUT2D eigenvalue weighted by atomic mass is 10.1. The third-order valence-electron chi connectivity index (χ3n) is 3.04. The van der Waals surface area contributed by atoms with Gasteiger partial charge in [0.15, 0.2) is 11.5 Å². The highest BCUT2D eigenvalue weighted by molar-refractivity contribution is 5.95. The number of nitro groups is 1. The molecule has 1 N–H and O–H groups in total. The molecule has 24 heavy (non-hydrogen) atoms. The highest BCUT2D eigenvalue weighted by atomic mass is 16.6. The minimum Gasteiger partial charge on any atom is -0.493 e. The maximum Gasteiger partial charge on any atom is 0.282 e. The van der Waals surface area contributed by atoms with Gasteiger partial charge >= 0.3 is 0 Å². The Hall–Kier alpha value is -3.49. The largest absolute Gasteiger partial charge is 0.493 e. The van der Waals surface area contributed by atoms with Crippen LogP contribution in [0.5, 0.6) is 11.5 Å². The average Bonchev–Trinajstić information content (AvgIpc) is 2.61. The van der Waals surface area contributed by atoms with Gasteiger partial charge in [-0.1, -0.05) is 0 Å². The number of amides is 1. The number of ether oxygens (including phenoxy) is 2. The Balaban J connectivity index is 2.24. The van der Waals surface area contributed by atoms with E-state index in [0.29, 0.717) is 11.3 Å². The Morgan fingerprint density at radius 2 is 1.88 bits per heavy atom. The molecule has 0 fully saturated rings. The normalized spacial score (nSPS) is 10.4. The van der Waals surface area contributed by atoms with Crippen molar-refractivity contribution in [2.75, 3.05) is 14.2 Å². The molecule has 0 aliphatic rings. The predicted molar refractivity (Wildman–Crippen MR) is 85.5 cm³/mol. The summed E-state index contributed by atoms with van der Waals surface area (Å²) < 4.78 is 10.1. The molecule has 0 spiro atoms. The maximum absolute atomic E-state index is 11.8. The summed E-state index contributed by atoms with van der Waals surface area (Å²) in [6.45, 7) is 0. The summed E-state index contributed by atoms with van der Waals surface area (Å²) in [6.07, 6.45) is 4.11. The zero-order valence-electron chi connectivity index (χ0n) is 12.9. The number of hydrogen-bond acceptors (Lipinski definition) is 7. The Morgan fingerprint density at radius 1 is 1.25 bits per heavy atom. The minimum absolute atomic E-state index is 0.160. The fourth-order valence-electron chi connectivity index (χ4n) is 1.87. The van der Waals surface area contributed by atoms with Crippen LogP contribution in [0.4, 0.5) is 5.69 Å². The average molecular weight is 330 g/mol. The highest BCUT2D eigenvalue weighted by Gasteiger charge is 2.18. The van der Waals surface area contributed by atoms with Gasteiger partial charge in [-0.25, -0.2) is 5.43 Å². The van der Waals surface area contributed by atoms with Crippen LogP contribution in [-0.2, 0) is 0 Å². The van der Waals surface area contributed by atoms with Gasteiger partial charge in [0.05, 0.1) is 37.0 Å². The van der Waals surface area contributed by atoms with Crippen LogP contribution in [0.15, 0.2) is 41.8 Å². The fraction of sp³-hybridized carbons (Fsp3) is 0.133. The number of carbonyl (C=O) groups excluding carboxylic acids is 1. The number of hydrazone groups is 1. The molecule has 1 aromatic heterocycles. The molecule has 124 valence electrons. The van der Waals surface area contributed by atoms with Gasteiger partial charge in [-0.2, -0.15) is 5.10 Å². The SMILES string of the molecule is COc1cc(C=NNC(=O)c2ccncc2)c([N+](=O)[O-])cc1OC. The molecule has 1 amide bonds. The number of rotatable bonds is 6. The number of pyridine rings is 1. The second kappa shape index (κ2) is 7.68. The molecule has 0 bridgehead atoms. The van der Waals surface area contributed by atoms with E-state index in [9.17, 15) is 14.9 Å². The van der Waals surface area contributed by atoms with Gasteiger partial charge < -0.3 is 9.47 Å². The van der Waals surface area contributed by atoms with E-state index in [4.69, 9.17) is 9.47 Å². The number of benzene rings is 1. The standard InChI is InChI=1S/C15H14N4O5/c1-23-13-7-11(12(19(21)22)8-14(13)24-2)9-17-18-15(20)10-3-5-16-6-4-10/h3-9H,1-2H3,(H,18,20). The lowest BCUT2D eigenvalue weighted by molar-refractivity contribution is -0.385. The van der Waals surface area contributed by atoms with Crippen LogP contribution in [-0.4, -0.2) is 36.2 Å². The number of nitrogens with one attached hydrogen (secondary N) is 1. The van der Waals surface area contributed by atoms with E-state index in [1.165, 1.54) is 57.1 Å². The second-order valence-corrected chi connectivity index (χ2v) is 4.46. The molecular formula is C15H14N4O5. The van der Waals surface area contributed by atoms with Crippen LogP contribution in [0.1, 0.15) is 15.9 Å². The van der Waals surface area contributed by atoms with Crippen molar-refractivity contribution in [1.29, 1.82) is 0 Å². The van der Waals surface area contributed by atoms with Gasteiger partial charge in [0.25, 0.3) is 11.6 Å². The van der Waals surface area contributed by atoms with E-state index in [1.807, 2.05) is 0 Å². The van der Waals surface area contributed by atoms with E-state index in [1.54, 1.807) is 0 Å². The molecule has 0 atom stereocenters. The van der Waals surface area contributed by atoms with Crippen LogP contribution >= 0.6 is 0 Å². The van der Waals surface area contributed by atoms with Crippen molar-refractivity contribution in [1.82, 2.24) is 10.4 Å². The van der Waals surface area contributed by atoms with Gasteiger partial charge in [-0.15, -0.1) is 0 Å². The number of carbonyl (C=O) groups is 1. The number of nitro benzene ring substituents is 1. The zero-order chi connectivity index (χ0) is 17.5. The minimum atomic E-state index is -0.575. The van der Waals surface area contributed by atoms with E-state index < -0.39 is 10.8 Å². The number of hydrogen-bond donors (Lipinski definition) is 1. The summed E-state index contributed by atoms with van der Waals surface area (Å²) in [4.78, 5) is 26.2. The van der Waals surface area contributed by atoms with Crippen molar-refractivity contribution in [2.45, 2.75) is 0 Å². The lowest BCUT2D eigenvalue weighted by Crippen LogP contribution is -2.17. The van der Waals surface area contributed by atoms with E-state index in [2.05, 4.69) is 15.5 Å². The molecule has 2 rings (SSSR count).